The number of alkyl halides is 3. The van der Waals surface area contributed by atoms with Gasteiger partial charge in [-0.25, -0.2) is 9.69 Å². The molecule has 6 nitrogen and oxygen atoms in total. The minimum atomic E-state index is -4.45. The number of nitrogens with one attached hydrogen (secondary N) is 1. The number of amides is 3. The lowest BCUT2D eigenvalue weighted by Crippen LogP contribution is -2.39. The highest BCUT2D eigenvalue weighted by atomic mass is 32.2. The maximum Gasteiger partial charge on any atom is 0.461 e. The molecule has 1 fully saturated rings. The first-order valence-corrected chi connectivity index (χ1v) is 10.8. The van der Waals surface area contributed by atoms with E-state index in [1.807, 2.05) is 24.3 Å². The van der Waals surface area contributed by atoms with Gasteiger partial charge in [-0.05, 0) is 42.0 Å². The molecule has 1 aliphatic rings. The molecule has 4 rings (SSSR count). The molecule has 1 saturated heterocycles. The third kappa shape index (κ3) is 4.34. The van der Waals surface area contributed by atoms with Crippen LogP contribution in [-0.4, -0.2) is 31.5 Å². The molecular formula is C20H15F3N4O2S3. The van der Waals surface area contributed by atoms with Gasteiger partial charge in [-0.2, -0.15) is 13.2 Å². The summed E-state index contributed by atoms with van der Waals surface area (Å²) < 4.78 is 37.5. The fraction of sp³-hybridized carbons (Fsp3) is 0.150. The summed E-state index contributed by atoms with van der Waals surface area (Å²) in [5.74, 6) is -0.682. The van der Waals surface area contributed by atoms with E-state index in [4.69, 9.17) is 0 Å². The maximum atomic E-state index is 13.2. The van der Waals surface area contributed by atoms with Gasteiger partial charge in [0.05, 0.1) is 29.7 Å². The van der Waals surface area contributed by atoms with Crippen LogP contribution in [0.2, 0.25) is 0 Å². The van der Waals surface area contributed by atoms with Crippen molar-refractivity contribution in [2.75, 3.05) is 9.62 Å². The van der Waals surface area contributed by atoms with E-state index in [1.165, 1.54) is 29.2 Å². The third-order valence-electron chi connectivity index (χ3n) is 4.77. The van der Waals surface area contributed by atoms with Crippen LogP contribution in [-0.2, 0) is 11.3 Å². The van der Waals surface area contributed by atoms with E-state index >= 15 is 0 Å². The molecule has 0 spiro atoms. The van der Waals surface area contributed by atoms with Gasteiger partial charge in [0.2, 0.25) is 4.20 Å². The first-order valence-electron chi connectivity index (χ1n) is 9.12. The van der Waals surface area contributed by atoms with Crippen molar-refractivity contribution >= 4 is 71.4 Å². The molecular weight excluding hydrogens is 481 g/mol. The predicted octanol–water partition coefficient (Wildman–Crippen LogP) is 5.30. The van der Waals surface area contributed by atoms with Crippen LogP contribution in [0.5, 0.6) is 0 Å². The zero-order chi connectivity index (χ0) is 23.1. The van der Waals surface area contributed by atoms with E-state index in [1.54, 1.807) is 12.3 Å². The van der Waals surface area contributed by atoms with Crippen LogP contribution < -0.4 is 9.62 Å². The Labute approximate surface area is 196 Å². The van der Waals surface area contributed by atoms with Gasteiger partial charge in [0.25, 0.3) is 5.91 Å². The van der Waals surface area contributed by atoms with Gasteiger partial charge in [0.1, 0.15) is 0 Å². The second kappa shape index (κ2) is 8.41. The van der Waals surface area contributed by atoms with E-state index in [2.05, 4.69) is 35.0 Å². The molecule has 3 aromatic rings. The number of fused-ring (bicyclic) bond motifs is 1. The van der Waals surface area contributed by atoms with Crippen LogP contribution in [0.3, 0.4) is 0 Å². The molecule has 32 heavy (non-hydrogen) atoms. The first-order chi connectivity index (χ1) is 15.1. The number of aromatic nitrogens is 1. The molecule has 1 N–H and O–H groups in total. The smallest absolute Gasteiger partial charge is 0.323 e. The zero-order valence-electron chi connectivity index (χ0n) is 16.1. The Morgan fingerprint density at radius 2 is 1.72 bits per heavy atom. The summed E-state index contributed by atoms with van der Waals surface area (Å²) in [5.41, 5.74) is -2.59. The Hall–Kier alpha value is -2.57. The number of carbonyl (C=O) groups excluding carboxylic acids is 2. The Balaban J connectivity index is 1.59. The van der Waals surface area contributed by atoms with Crippen LogP contribution in [0.25, 0.3) is 10.9 Å². The van der Waals surface area contributed by atoms with E-state index in [0.717, 1.165) is 21.4 Å². The molecule has 3 amide bonds. The van der Waals surface area contributed by atoms with Gasteiger partial charge in [0, 0.05) is 17.3 Å². The van der Waals surface area contributed by atoms with E-state index in [-0.39, 0.29) is 17.9 Å². The molecule has 1 aliphatic heterocycles. The van der Waals surface area contributed by atoms with Crippen LogP contribution in [0, 0.1) is 0 Å². The van der Waals surface area contributed by atoms with E-state index in [9.17, 15) is 22.8 Å². The number of pyridine rings is 1. The van der Waals surface area contributed by atoms with Crippen molar-refractivity contribution in [1.29, 1.82) is 0 Å². The topological polar surface area (TPSA) is 65.5 Å². The number of nitrogens with zero attached hydrogens (tertiary/aromatic N) is 3. The number of hydrogen-bond acceptors (Lipinski definition) is 7. The lowest BCUT2D eigenvalue weighted by atomic mass is 10.1. The lowest BCUT2D eigenvalue weighted by molar-refractivity contribution is -0.118. The lowest BCUT2D eigenvalue weighted by Gasteiger charge is -2.26. The number of anilines is 2. The number of para-hydroxylation sites is 1. The van der Waals surface area contributed by atoms with Crippen molar-refractivity contribution in [3.05, 3.63) is 66.4 Å². The number of benzene rings is 2. The SMILES string of the molecule is O=C1N(c2ccc(NSC(F)(F)F)cc2)C(=O)C(S)(S)N1Cc1ccnc2ccccc12. The first kappa shape index (κ1) is 22.6. The summed E-state index contributed by atoms with van der Waals surface area (Å²) in [6.07, 6.45) is 1.61. The second-order valence-electron chi connectivity index (χ2n) is 6.83. The van der Waals surface area contributed by atoms with Crippen molar-refractivity contribution in [3.63, 3.8) is 0 Å². The van der Waals surface area contributed by atoms with Gasteiger partial charge in [-0.15, -0.1) is 25.3 Å². The second-order valence-corrected chi connectivity index (χ2v) is 9.35. The Morgan fingerprint density at radius 3 is 2.41 bits per heavy atom. The highest BCUT2D eigenvalue weighted by Crippen LogP contribution is 2.40. The molecule has 12 heteroatoms. The fourth-order valence-electron chi connectivity index (χ4n) is 3.27. The van der Waals surface area contributed by atoms with Gasteiger partial charge in [-0.3, -0.25) is 14.7 Å². The monoisotopic (exact) mass is 496 g/mol. The van der Waals surface area contributed by atoms with E-state index in [0.29, 0.717) is 0 Å². The largest absolute Gasteiger partial charge is 0.461 e. The molecule has 0 bridgehead atoms. The summed E-state index contributed by atoms with van der Waals surface area (Å²) in [6, 6.07) is 13.9. The maximum absolute atomic E-state index is 13.2. The van der Waals surface area contributed by atoms with Crippen LogP contribution >= 0.6 is 37.2 Å². The molecule has 166 valence electrons. The molecule has 0 radical (unpaired) electrons. The van der Waals surface area contributed by atoms with Crippen LogP contribution in [0.15, 0.2) is 60.8 Å². The summed E-state index contributed by atoms with van der Waals surface area (Å²) in [5, 5.41) is 0.823. The summed E-state index contributed by atoms with van der Waals surface area (Å²) in [6.45, 7) is 0.0545. The van der Waals surface area contributed by atoms with Gasteiger partial charge >= 0.3 is 11.5 Å². The molecule has 1 aromatic heterocycles. The summed E-state index contributed by atoms with van der Waals surface area (Å²) in [7, 11) is 0. The number of rotatable bonds is 5. The quantitative estimate of drug-likeness (QED) is 0.194. The number of thiol groups is 2. The summed E-state index contributed by atoms with van der Waals surface area (Å²) >= 11 is 8.27. The van der Waals surface area contributed by atoms with Crippen molar-refractivity contribution in [2.24, 2.45) is 0 Å². The Kier molecular flexibility index (Phi) is 5.94. The Morgan fingerprint density at radius 1 is 1.03 bits per heavy atom. The van der Waals surface area contributed by atoms with Gasteiger partial charge < -0.3 is 4.72 Å². The summed E-state index contributed by atoms with van der Waals surface area (Å²) in [4.78, 5) is 32.6. The number of carbonyl (C=O) groups is 2. The van der Waals surface area contributed by atoms with E-state index < -0.39 is 33.6 Å². The molecule has 0 aliphatic carbocycles. The van der Waals surface area contributed by atoms with Crippen LogP contribution in [0.1, 0.15) is 5.56 Å². The Bertz CT molecular complexity index is 1180. The van der Waals surface area contributed by atoms with Crippen molar-refractivity contribution < 1.29 is 22.8 Å². The third-order valence-corrected chi connectivity index (χ3v) is 6.20. The standard InChI is InChI=1S/C20H15F3N4O2S3/c21-20(22,23)32-25-13-5-7-14(8-6-13)27-17(28)19(30,31)26(18(27)29)11-12-9-10-24-16-4-2-1-3-15(12)16/h1-10,25,30-31H,11H2. The number of hydrogen-bond donors (Lipinski definition) is 3. The highest BCUT2D eigenvalue weighted by molar-refractivity contribution is 8.02. The minimum absolute atomic E-state index is 0.0545. The minimum Gasteiger partial charge on any atom is -0.323 e. The van der Waals surface area contributed by atoms with Crippen molar-refractivity contribution in [3.8, 4) is 0 Å². The molecule has 2 heterocycles. The number of urea groups is 1. The molecule has 0 saturated carbocycles. The average Bonchev–Trinajstić information content (AvgIpc) is 2.92. The zero-order valence-corrected chi connectivity index (χ0v) is 18.7. The average molecular weight is 497 g/mol. The van der Waals surface area contributed by atoms with Crippen LogP contribution in [0.4, 0.5) is 29.3 Å². The normalized spacial score (nSPS) is 16.2. The van der Waals surface area contributed by atoms with Gasteiger partial charge in [-0.1, -0.05) is 18.2 Å². The van der Waals surface area contributed by atoms with Gasteiger partial charge in [0.15, 0.2) is 0 Å². The molecule has 2 aromatic carbocycles. The highest BCUT2D eigenvalue weighted by Gasteiger charge is 2.54. The van der Waals surface area contributed by atoms with Crippen molar-refractivity contribution in [1.82, 2.24) is 9.88 Å². The number of imide groups is 1. The molecule has 0 unspecified atom stereocenters. The fourth-order valence-corrected chi connectivity index (χ4v) is 4.15. The number of halogens is 3. The predicted molar refractivity (Wildman–Crippen MR) is 125 cm³/mol. The molecule has 0 atom stereocenters. The van der Waals surface area contributed by atoms with Crippen molar-refractivity contribution in [2.45, 2.75) is 16.3 Å².